The molecule has 4 fully saturated rings. The molecule has 4 saturated carbocycles. The van der Waals surface area contributed by atoms with Crippen LogP contribution in [-0.4, -0.2) is 17.0 Å². The number of aliphatic hydroxyl groups excluding tert-OH is 1. The van der Waals surface area contributed by atoms with Crippen molar-refractivity contribution in [3.8, 4) is 0 Å². The molecule has 5 aliphatic carbocycles. The summed E-state index contributed by atoms with van der Waals surface area (Å²) in [5.74, 6) is 5.68. The van der Waals surface area contributed by atoms with Gasteiger partial charge in [-0.25, -0.2) is 0 Å². The first-order chi connectivity index (χ1) is 14.9. The Bertz CT molecular complexity index is 812. The summed E-state index contributed by atoms with van der Waals surface area (Å²) >= 11 is 0. The summed E-state index contributed by atoms with van der Waals surface area (Å²) < 4.78 is 0. The number of fused-ring (bicyclic) bond motifs is 5. The summed E-state index contributed by atoms with van der Waals surface area (Å²) in [4.78, 5) is 13.5. The van der Waals surface area contributed by atoms with E-state index in [0.717, 1.165) is 48.9 Å². The summed E-state index contributed by atoms with van der Waals surface area (Å²) in [6.45, 7) is 17.4. The lowest BCUT2D eigenvalue weighted by Crippen LogP contribution is -2.53. The van der Waals surface area contributed by atoms with Crippen molar-refractivity contribution in [3.05, 3.63) is 11.6 Å². The van der Waals surface area contributed by atoms with E-state index >= 15 is 0 Å². The number of aliphatic hydroxyl groups is 1. The van der Waals surface area contributed by atoms with E-state index in [0.29, 0.717) is 28.4 Å². The minimum Gasteiger partial charge on any atom is -0.393 e. The van der Waals surface area contributed by atoms with E-state index < -0.39 is 0 Å². The number of rotatable bonds is 4. The molecule has 0 unspecified atom stereocenters. The molecule has 0 aromatic carbocycles. The number of ketones is 1. The Morgan fingerprint density at radius 3 is 2.34 bits per heavy atom. The van der Waals surface area contributed by atoms with Crippen LogP contribution in [0.2, 0.25) is 0 Å². The molecule has 2 heteroatoms. The fourth-order valence-electron chi connectivity index (χ4n) is 10.1. The second-order valence-corrected chi connectivity index (χ2v) is 14.1. The van der Waals surface area contributed by atoms with Crippen molar-refractivity contribution in [2.45, 2.75) is 106 Å². The van der Waals surface area contributed by atoms with Gasteiger partial charge in [0.25, 0.3) is 0 Å². The normalized spacial score (nSPS) is 52.0. The number of carbonyl (C=O) groups excluding carboxylic acids is 1. The van der Waals surface area contributed by atoms with Crippen LogP contribution in [0.25, 0.3) is 0 Å². The van der Waals surface area contributed by atoms with Crippen LogP contribution >= 0.6 is 0 Å². The third kappa shape index (κ3) is 3.10. The number of hydrogen-bond acceptors (Lipinski definition) is 2. The SMILES string of the molecule is CC(C)[C@@H](C)[C@@]1(C)C[C@@H]1[C@@H](C)[C@H]1CC[C@H]2[C@@H]3C(=O)C=C4C[C@@H](O)CC[C@]4(C)[C@H]3CC[C@]12C. The predicted octanol–water partition coefficient (Wildman–Crippen LogP) is 7.06. The molecule has 0 heterocycles. The average molecular weight is 441 g/mol. The maximum atomic E-state index is 13.5. The average Bonchev–Trinajstić information content (AvgIpc) is 3.30. The third-order valence-electron chi connectivity index (χ3n) is 12.6. The largest absolute Gasteiger partial charge is 0.393 e. The van der Waals surface area contributed by atoms with E-state index in [-0.39, 0.29) is 17.4 Å². The lowest BCUT2D eigenvalue weighted by atomic mass is 9.46. The molecule has 11 atom stereocenters. The van der Waals surface area contributed by atoms with Crippen LogP contribution in [0.15, 0.2) is 11.6 Å². The zero-order valence-corrected chi connectivity index (χ0v) is 21.8. The van der Waals surface area contributed by atoms with E-state index in [9.17, 15) is 9.90 Å². The molecule has 0 amide bonds. The smallest absolute Gasteiger partial charge is 0.159 e. The Balaban J connectivity index is 1.39. The lowest BCUT2D eigenvalue weighted by molar-refractivity contribution is -0.135. The Hall–Kier alpha value is -0.630. The Morgan fingerprint density at radius 1 is 0.938 bits per heavy atom. The molecular weight excluding hydrogens is 392 g/mol. The van der Waals surface area contributed by atoms with E-state index in [1.54, 1.807) is 0 Å². The van der Waals surface area contributed by atoms with Crippen LogP contribution in [0, 0.1) is 63.6 Å². The maximum Gasteiger partial charge on any atom is 0.159 e. The van der Waals surface area contributed by atoms with Gasteiger partial charge in [0.05, 0.1) is 6.10 Å². The highest BCUT2D eigenvalue weighted by Crippen LogP contribution is 2.70. The van der Waals surface area contributed by atoms with Crippen LogP contribution in [0.3, 0.4) is 0 Å². The van der Waals surface area contributed by atoms with Gasteiger partial charge in [0.15, 0.2) is 5.78 Å². The zero-order valence-electron chi connectivity index (χ0n) is 21.8. The fraction of sp³-hybridized carbons (Fsp3) is 0.900. The van der Waals surface area contributed by atoms with Crippen LogP contribution in [-0.2, 0) is 4.79 Å². The molecule has 1 N–H and O–H groups in total. The summed E-state index contributed by atoms with van der Waals surface area (Å²) in [5, 5.41) is 10.3. The number of allylic oxidation sites excluding steroid dienone is 1. The Labute approximate surface area is 197 Å². The highest BCUT2D eigenvalue weighted by Gasteiger charge is 2.64. The van der Waals surface area contributed by atoms with Crippen molar-refractivity contribution >= 4 is 5.78 Å². The molecule has 0 saturated heterocycles. The van der Waals surface area contributed by atoms with Gasteiger partial charge in [-0.05, 0) is 115 Å². The van der Waals surface area contributed by atoms with Crippen molar-refractivity contribution in [1.29, 1.82) is 0 Å². The van der Waals surface area contributed by atoms with E-state index in [2.05, 4.69) is 48.5 Å². The first kappa shape index (κ1) is 23.1. The highest BCUT2D eigenvalue weighted by atomic mass is 16.3. The van der Waals surface area contributed by atoms with Crippen molar-refractivity contribution in [1.82, 2.24) is 0 Å². The molecule has 180 valence electrons. The highest BCUT2D eigenvalue weighted by molar-refractivity contribution is 5.94. The van der Waals surface area contributed by atoms with Gasteiger partial charge in [-0.15, -0.1) is 0 Å². The van der Waals surface area contributed by atoms with Crippen molar-refractivity contribution in [2.24, 2.45) is 63.6 Å². The predicted molar refractivity (Wildman–Crippen MR) is 131 cm³/mol. The van der Waals surface area contributed by atoms with Gasteiger partial charge < -0.3 is 5.11 Å². The van der Waals surface area contributed by atoms with Crippen LogP contribution in [0.4, 0.5) is 0 Å². The van der Waals surface area contributed by atoms with Crippen LogP contribution < -0.4 is 0 Å². The second-order valence-electron chi connectivity index (χ2n) is 14.1. The van der Waals surface area contributed by atoms with E-state index in [1.807, 2.05) is 6.08 Å². The number of carbonyl (C=O) groups is 1. The summed E-state index contributed by atoms with van der Waals surface area (Å²) in [5.41, 5.74) is 2.26. The monoisotopic (exact) mass is 440 g/mol. The molecule has 0 aromatic rings. The molecule has 2 nitrogen and oxygen atoms in total. The summed E-state index contributed by atoms with van der Waals surface area (Å²) in [6, 6.07) is 0. The molecule has 32 heavy (non-hydrogen) atoms. The van der Waals surface area contributed by atoms with Gasteiger partial charge in [-0.3, -0.25) is 4.79 Å². The second kappa shape index (κ2) is 7.43. The lowest BCUT2D eigenvalue weighted by Gasteiger charge is -2.57. The third-order valence-corrected chi connectivity index (χ3v) is 12.6. The maximum absolute atomic E-state index is 13.5. The molecule has 5 rings (SSSR count). The summed E-state index contributed by atoms with van der Waals surface area (Å²) in [6.07, 6.45) is 10.9. The molecular formula is C30H48O2. The van der Waals surface area contributed by atoms with Crippen LogP contribution in [0.1, 0.15) is 99.8 Å². The van der Waals surface area contributed by atoms with E-state index in [4.69, 9.17) is 0 Å². The van der Waals surface area contributed by atoms with E-state index in [1.165, 1.54) is 37.7 Å². The Kier molecular flexibility index (Phi) is 5.37. The minimum atomic E-state index is -0.245. The van der Waals surface area contributed by atoms with Gasteiger partial charge in [0.1, 0.15) is 0 Å². The van der Waals surface area contributed by atoms with Gasteiger partial charge in [-0.1, -0.05) is 54.0 Å². The zero-order chi connectivity index (χ0) is 23.2. The van der Waals surface area contributed by atoms with Gasteiger partial charge in [0, 0.05) is 5.92 Å². The quantitative estimate of drug-likeness (QED) is 0.508. The van der Waals surface area contributed by atoms with Crippen molar-refractivity contribution in [2.75, 3.05) is 0 Å². The van der Waals surface area contributed by atoms with Crippen molar-refractivity contribution < 1.29 is 9.90 Å². The number of hydrogen-bond donors (Lipinski definition) is 1. The molecule has 0 bridgehead atoms. The van der Waals surface area contributed by atoms with Gasteiger partial charge in [-0.2, -0.15) is 0 Å². The van der Waals surface area contributed by atoms with Crippen LogP contribution in [0.5, 0.6) is 0 Å². The molecule has 0 aromatic heterocycles. The van der Waals surface area contributed by atoms with Gasteiger partial charge >= 0.3 is 0 Å². The standard InChI is InChI=1S/C30H48O2/c1-17(2)19(4)30(7)16-25(30)18(3)22-8-9-23-27-24(11-13-29(22,23)6)28(5)12-10-21(31)14-20(28)15-26(27)32/h15,17-19,21-25,27,31H,8-14,16H2,1-7H3/t18-,19+,21-,22+,23-,24-,25+,27-,28-,29+,30+/m0/s1. The Morgan fingerprint density at radius 2 is 1.66 bits per heavy atom. The first-order valence-corrected chi connectivity index (χ1v) is 13.9. The molecule has 0 aliphatic heterocycles. The summed E-state index contributed by atoms with van der Waals surface area (Å²) in [7, 11) is 0. The molecule has 0 spiro atoms. The fourth-order valence-corrected chi connectivity index (χ4v) is 10.1. The van der Waals surface area contributed by atoms with Crippen molar-refractivity contribution in [3.63, 3.8) is 0 Å². The first-order valence-electron chi connectivity index (χ1n) is 13.9. The topological polar surface area (TPSA) is 37.3 Å². The minimum absolute atomic E-state index is 0.143. The van der Waals surface area contributed by atoms with Gasteiger partial charge in [0.2, 0.25) is 0 Å². The molecule has 0 radical (unpaired) electrons. The molecule has 5 aliphatic rings.